The van der Waals surface area contributed by atoms with Gasteiger partial charge in [-0.1, -0.05) is 22.8 Å². The van der Waals surface area contributed by atoms with E-state index in [1.165, 1.54) is 6.33 Å². The number of nitrogens with zero attached hydrogens (tertiary/aromatic N) is 3. The standard InChI is InChI=1S/C21H12ClF2N5O2S2/c22-11-2-4-16(12(6-11)10-1-3-17-13(5-10)20(25)28-31-17)30-18-7-15(24)19(8-14(18)23)32-29-21-26-9-27-33-21/h1-9H,(H2,25,28)(H,26,27,29). The zero-order chi connectivity index (χ0) is 22.9. The van der Waals surface area contributed by atoms with Crippen molar-refractivity contribution in [3.05, 3.63) is 71.5 Å². The van der Waals surface area contributed by atoms with Crippen molar-refractivity contribution in [2.24, 2.45) is 0 Å². The Morgan fingerprint density at radius 1 is 1.06 bits per heavy atom. The van der Waals surface area contributed by atoms with Crippen LogP contribution in [0.4, 0.5) is 19.7 Å². The van der Waals surface area contributed by atoms with E-state index in [0.29, 0.717) is 32.3 Å². The maximum absolute atomic E-state index is 14.8. The molecule has 0 aliphatic carbocycles. The molecule has 2 heterocycles. The van der Waals surface area contributed by atoms with E-state index in [2.05, 4.69) is 19.2 Å². The Morgan fingerprint density at radius 3 is 2.76 bits per heavy atom. The molecule has 0 saturated heterocycles. The number of rotatable bonds is 6. The molecule has 0 spiro atoms. The van der Waals surface area contributed by atoms with Crippen LogP contribution in [0.2, 0.25) is 5.02 Å². The highest BCUT2D eigenvalue weighted by molar-refractivity contribution is 8.00. The molecule has 0 bridgehead atoms. The second-order valence-electron chi connectivity index (χ2n) is 6.68. The monoisotopic (exact) mass is 503 g/mol. The van der Waals surface area contributed by atoms with E-state index < -0.39 is 11.6 Å². The quantitative estimate of drug-likeness (QED) is 0.245. The van der Waals surface area contributed by atoms with Crippen LogP contribution >= 0.6 is 35.1 Å². The maximum atomic E-state index is 14.8. The van der Waals surface area contributed by atoms with Gasteiger partial charge in [0.25, 0.3) is 0 Å². The van der Waals surface area contributed by atoms with E-state index in [4.69, 9.17) is 26.6 Å². The van der Waals surface area contributed by atoms with E-state index in [-0.39, 0.29) is 22.2 Å². The molecule has 0 fully saturated rings. The van der Waals surface area contributed by atoms with Gasteiger partial charge < -0.3 is 19.7 Å². The van der Waals surface area contributed by atoms with Crippen molar-refractivity contribution >= 4 is 57.0 Å². The van der Waals surface area contributed by atoms with E-state index in [1.54, 1.807) is 36.4 Å². The maximum Gasteiger partial charge on any atom is 0.212 e. The molecule has 0 atom stereocenters. The molecule has 12 heteroatoms. The first-order valence-corrected chi connectivity index (χ1v) is 11.3. The van der Waals surface area contributed by atoms with E-state index in [9.17, 15) is 8.78 Å². The zero-order valence-corrected chi connectivity index (χ0v) is 18.8. The minimum Gasteiger partial charge on any atom is -0.454 e. The van der Waals surface area contributed by atoms with Gasteiger partial charge in [0.15, 0.2) is 23.0 Å². The number of halogens is 3. The van der Waals surface area contributed by atoms with Crippen molar-refractivity contribution in [1.82, 2.24) is 14.5 Å². The van der Waals surface area contributed by atoms with Gasteiger partial charge in [0, 0.05) is 28.2 Å². The SMILES string of the molecule is Nc1noc2ccc(-c3cc(Cl)ccc3Oc3cc(F)c(SNc4ncns4)cc3F)cc12. The fraction of sp³-hybridized carbons (Fsp3) is 0. The molecule has 0 aliphatic rings. The zero-order valence-electron chi connectivity index (χ0n) is 16.4. The summed E-state index contributed by atoms with van der Waals surface area (Å²) >= 11 is 8.17. The van der Waals surface area contributed by atoms with Crippen LogP contribution < -0.4 is 15.2 Å². The lowest BCUT2D eigenvalue weighted by molar-refractivity contribution is 0.434. The third kappa shape index (κ3) is 4.42. The van der Waals surface area contributed by atoms with Crippen LogP contribution in [-0.2, 0) is 0 Å². The number of hydrogen-bond acceptors (Lipinski definition) is 9. The number of nitrogens with one attached hydrogen (secondary N) is 1. The Bertz CT molecular complexity index is 1460. The van der Waals surface area contributed by atoms with Crippen LogP contribution in [0, 0.1) is 11.6 Å². The summed E-state index contributed by atoms with van der Waals surface area (Å²) in [6, 6.07) is 12.1. The minimum atomic E-state index is -0.738. The van der Waals surface area contributed by atoms with Crippen molar-refractivity contribution in [3.8, 4) is 22.6 Å². The molecule has 3 aromatic carbocycles. The van der Waals surface area contributed by atoms with Crippen LogP contribution in [-0.4, -0.2) is 14.5 Å². The molecular formula is C21H12ClF2N5O2S2. The average molecular weight is 504 g/mol. The van der Waals surface area contributed by atoms with Gasteiger partial charge in [-0.25, -0.2) is 13.8 Å². The highest BCUT2D eigenvalue weighted by Crippen LogP contribution is 2.39. The van der Waals surface area contributed by atoms with Crippen LogP contribution in [0.5, 0.6) is 11.5 Å². The number of benzene rings is 3. The van der Waals surface area contributed by atoms with Crippen LogP contribution in [0.15, 0.2) is 64.3 Å². The molecule has 33 heavy (non-hydrogen) atoms. The van der Waals surface area contributed by atoms with Gasteiger partial charge >= 0.3 is 0 Å². The van der Waals surface area contributed by atoms with Gasteiger partial charge in [-0.3, -0.25) is 0 Å². The van der Waals surface area contributed by atoms with Crippen LogP contribution in [0.3, 0.4) is 0 Å². The number of nitrogen functional groups attached to an aromatic ring is 1. The smallest absolute Gasteiger partial charge is 0.212 e. The lowest BCUT2D eigenvalue weighted by Gasteiger charge is -2.14. The highest BCUT2D eigenvalue weighted by atomic mass is 35.5. The lowest BCUT2D eigenvalue weighted by atomic mass is 10.0. The van der Waals surface area contributed by atoms with Gasteiger partial charge in [-0.2, -0.15) is 4.37 Å². The van der Waals surface area contributed by atoms with Crippen LogP contribution in [0.25, 0.3) is 22.1 Å². The summed E-state index contributed by atoms with van der Waals surface area (Å²) in [6.45, 7) is 0. The molecule has 166 valence electrons. The number of nitrogens with two attached hydrogens (primary N) is 1. The Kier molecular flexibility index (Phi) is 5.75. The summed E-state index contributed by atoms with van der Waals surface area (Å²) in [7, 11) is 0. The van der Waals surface area contributed by atoms with Gasteiger partial charge in [-0.05, 0) is 53.9 Å². The fourth-order valence-corrected chi connectivity index (χ4v) is 4.35. The Labute approximate surface area is 198 Å². The van der Waals surface area contributed by atoms with Crippen molar-refractivity contribution in [1.29, 1.82) is 0 Å². The number of hydrogen-bond donors (Lipinski definition) is 2. The molecule has 5 rings (SSSR count). The molecule has 0 unspecified atom stereocenters. The first kappa shape index (κ1) is 21.4. The molecular weight excluding hydrogens is 492 g/mol. The third-order valence-corrected chi connectivity index (χ3v) is 6.34. The molecule has 0 aliphatic heterocycles. The number of aromatic nitrogens is 3. The first-order valence-electron chi connectivity index (χ1n) is 9.29. The molecule has 7 nitrogen and oxygen atoms in total. The minimum absolute atomic E-state index is 0.0414. The lowest BCUT2D eigenvalue weighted by Crippen LogP contribution is -1.95. The number of ether oxygens (including phenoxy) is 1. The van der Waals surface area contributed by atoms with Crippen molar-refractivity contribution in [3.63, 3.8) is 0 Å². The van der Waals surface area contributed by atoms with Gasteiger partial charge in [0.1, 0.15) is 17.9 Å². The molecule has 3 N–H and O–H groups in total. The number of anilines is 2. The molecule has 2 aromatic heterocycles. The van der Waals surface area contributed by atoms with Gasteiger partial charge in [-0.15, -0.1) is 0 Å². The predicted octanol–water partition coefficient (Wildman–Crippen LogP) is 6.77. The Hall–Kier alpha value is -3.41. The second-order valence-corrected chi connectivity index (χ2v) is 8.75. The van der Waals surface area contributed by atoms with Gasteiger partial charge in [0.2, 0.25) is 5.13 Å². The molecule has 5 aromatic rings. The summed E-state index contributed by atoms with van der Waals surface area (Å²) in [5.41, 5.74) is 7.61. The third-order valence-electron chi connectivity index (χ3n) is 4.57. The molecule has 0 amide bonds. The van der Waals surface area contributed by atoms with Crippen molar-refractivity contribution < 1.29 is 18.0 Å². The van der Waals surface area contributed by atoms with Crippen molar-refractivity contribution in [2.45, 2.75) is 4.90 Å². The predicted molar refractivity (Wildman–Crippen MR) is 125 cm³/mol. The first-order chi connectivity index (χ1) is 16.0. The van der Waals surface area contributed by atoms with E-state index in [1.807, 2.05) is 0 Å². The highest BCUT2D eigenvalue weighted by Gasteiger charge is 2.17. The number of fused-ring (bicyclic) bond motifs is 1. The van der Waals surface area contributed by atoms with Gasteiger partial charge in [0.05, 0.1) is 10.3 Å². The summed E-state index contributed by atoms with van der Waals surface area (Å²) in [5, 5.41) is 5.26. The average Bonchev–Trinajstić information content (AvgIpc) is 3.46. The summed E-state index contributed by atoms with van der Waals surface area (Å²) in [5.74, 6) is -1.17. The Morgan fingerprint density at radius 2 is 1.94 bits per heavy atom. The normalized spacial score (nSPS) is 11.1. The summed E-state index contributed by atoms with van der Waals surface area (Å²) in [4.78, 5) is 3.97. The fourth-order valence-electron chi connectivity index (χ4n) is 3.04. The summed E-state index contributed by atoms with van der Waals surface area (Å²) < 4.78 is 47.0. The molecule has 0 saturated carbocycles. The molecule has 0 radical (unpaired) electrons. The second kappa shape index (κ2) is 8.85. The topological polar surface area (TPSA) is 99.1 Å². The van der Waals surface area contributed by atoms with E-state index >= 15 is 0 Å². The summed E-state index contributed by atoms with van der Waals surface area (Å²) in [6.07, 6.45) is 1.36. The van der Waals surface area contributed by atoms with Crippen LogP contribution in [0.1, 0.15) is 0 Å². The van der Waals surface area contributed by atoms with E-state index in [0.717, 1.165) is 35.6 Å². The van der Waals surface area contributed by atoms with Crippen molar-refractivity contribution in [2.75, 3.05) is 10.5 Å². The largest absolute Gasteiger partial charge is 0.454 e. The Balaban J connectivity index is 1.46.